The zero-order valence-corrected chi connectivity index (χ0v) is 9.14. The topological polar surface area (TPSA) is 67.4 Å². The summed E-state index contributed by atoms with van der Waals surface area (Å²) in [4.78, 5) is 21.2. The van der Waals surface area contributed by atoms with Crippen LogP contribution >= 0.6 is 0 Å². The second-order valence-electron chi connectivity index (χ2n) is 3.62. The Bertz CT molecular complexity index is 377. The number of ether oxygens (including phenoxy) is 1. The molecule has 0 saturated carbocycles. The molecule has 0 radical (unpaired) electrons. The van der Waals surface area contributed by atoms with Crippen molar-refractivity contribution in [1.29, 1.82) is 0 Å². The molecule has 0 unspecified atom stereocenters. The second kappa shape index (κ2) is 4.89. The summed E-state index contributed by atoms with van der Waals surface area (Å²) in [5.41, 5.74) is 0.756. The van der Waals surface area contributed by atoms with Crippen molar-refractivity contribution in [3.8, 4) is 5.88 Å². The largest absolute Gasteiger partial charge is 0.416 e. The molecule has 6 heteroatoms. The van der Waals surface area contributed by atoms with Gasteiger partial charge in [-0.1, -0.05) is 0 Å². The fourth-order valence-electron chi connectivity index (χ4n) is 1.49. The molecule has 86 valence electrons. The number of hydrogen-bond donors (Lipinski definition) is 1. The van der Waals surface area contributed by atoms with Crippen LogP contribution in [0.2, 0.25) is 0 Å². The first-order valence-corrected chi connectivity index (χ1v) is 5.21. The lowest BCUT2D eigenvalue weighted by atomic mass is 10.4. The van der Waals surface area contributed by atoms with Crippen molar-refractivity contribution in [1.82, 2.24) is 20.2 Å². The van der Waals surface area contributed by atoms with Gasteiger partial charge in [-0.05, 0) is 6.92 Å². The fraction of sp³-hybridized carbons (Fsp3) is 0.500. The van der Waals surface area contributed by atoms with Gasteiger partial charge in [0.15, 0.2) is 0 Å². The molecule has 1 amide bonds. The molecular weight excluding hydrogens is 208 g/mol. The van der Waals surface area contributed by atoms with Crippen LogP contribution in [-0.4, -0.2) is 47.1 Å². The fourth-order valence-corrected chi connectivity index (χ4v) is 1.49. The third-order valence-corrected chi connectivity index (χ3v) is 2.41. The van der Waals surface area contributed by atoms with E-state index in [2.05, 4.69) is 15.3 Å². The van der Waals surface area contributed by atoms with Crippen LogP contribution in [0, 0.1) is 6.92 Å². The van der Waals surface area contributed by atoms with Gasteiger partial charge in [0.25, 0.3) is 0 Å². The number of nitrogens with one attached hydrogen (secondary N) is 1. The first-order valence-electron chi connectivity index (χ1n) is 5.21. The summed E-state index contributed by atoms with van der Waals surface area (Å²) >= 11 is 0. The summed E-state index contributed by atoms with van der Waals surface area (Å²) in [5, 5.41) is 3.17. The number of carbonyl (C=O) groups excluding carboxylic acids is 1. The van der Waals surface area contributed by atoms with Crippen molar-refractivity contribution in [2.45, 2.75) is 6.92 Å². The third-order valence-electron chi connectivity index (χ3n) is 2.41. The number of aromatic nitrogens is 2. The summed E-state index contributed by atoms with van der Waals surface area (Å²) in [7, 11) is 0. The Morgan fingerprint density at radius 1 is 1.50 bits per heavy atom. The Balaban J connectivity index is 1.99. The molecule has 2 heterocycles. The van der Waals surface area contributed by atoms with E-state index in [9.17, 15) is 4.79 Å². The van der Waals surface area contributed by atoms with Gasteiger partial charge in [-0.2, -0.15) is 0 Å². The number of carbonyl (C=O) groups is 1. The molecule has 1 aromatic heterocycles. The molecule has 1 aromatic rings. The highest BCUT2D eigenvalue weighted by Gasteiger charge is 2.19. The number of hydrogen-bond acceptors (Lipinski definition) is 5. The Hall–Kier alpha value is -1.69. The van der Waals surface area contributed by atoms with E-state index in [4.69, 9.17) is 4.74 Å². The first kappa shape index (κ1) is 10.8. The molecule has 1 aliphatic heterocycles. The van der Waals surface area contributed by atoms with Crippen molar-refractivity contribution in [3.05, 3.63) is 18.1 Å². The molecule has 1 saturated heterocycles. The van der Waals surface area contributed by atoms with E-state index < -0.39 is 0 Å². The number of nitrogens with zero attached hydrogens (tertiary/aromatic N) is 3. The van der Waals surface area contributed by atoms with Gasteiger partial charge in [-0.25, -0.2) is 14.8 Å². The van der Waals surface area contributed by atoms with Crippen LogP contribution < -0.4 is 10.1 Å². The van der Waals surface area contributed by atoms with E-state index in [0.29, 0.717) is 19.0 Å². The second-order valence-corrected chi connectivity index (χ2v) is 3.62. The highest BCUT2D eigenvalue weighted by Crippen LogP contribution is 2.12. The molecule has 2 rings (SSSR count). The van der Waals surface area contributed by atoms with Crippen molar-refractivity contribution in [2.24, 2.45) is 0 Å². The summed E-state index contributed by atoms with van der Waals surface area (Å²) in [5.74, 6) is 0.332. The van der Waals surface area contributed by atoms with Gasteiger partial charge in [-0.15, -0.1) is 0 Å². The number of piperazine rings is 1. The van der Waals surface area contributed by atoms with Crippen LogP contribution in [0.3, 0.4) is 0 Å². The SMILES string of the molecule is Cc1cncnc1OC(=O)N1CCNCC1. The molecule has 0 bridgehead atoms. The summed E-state index contributed by atoms with van der Waals surface area (Å²) < 4.78 is 5.19. The summed E-state index contributed by atoms with van der Waals surface area (Å²) in [6.45, 7) is 4.75. The smallest absolute Gasteiger partial charge is 0.391 e. The Morgan fingerprint density at radius 2 is 2.25 bits per heavy atom. The normalized spacial score (nSPS) is 15.9. The molecule has 1 aliphatic rings. The molecule has 0 spiro atoms. The van der Waals surface area contributed by atoms with E-state index in [-0.39, 0.29) is 6.09 Å². The zero-order chi connectivity index (χ0) is 11.4. The molecular formula is C10H14N4O2. The molecule has 0 aromatic carbocycles. The quantitative estimate of drug-likeness (QED) is 0.734. The lowest BCUT2D eigenvalue weighted by molar-refractivity contribution is 0.143. The van der Waals surface area contributed by atoms with Crippen molar-refractivity contribution in [2.75, 3.05) is 26.2 Å². The number of amides is 1. The maximum Gasteiger partial charge on any atom is 0.416 e. The minimum atomic E-state index is -0.344. The highest BCUT2D eigenvalue weighted by molar-refractivity contribution is 5.70. The van der Waals surface area contributed by atoms with Gasteiger partial charge >= 0.3 is 6.09 Å². The average molecular weight is 222 g/mol. The number of aryl methyl sites for hydroxylation is 1. The van der Waals surface area contributed by atoms with Gasteiger partial charge in [-0.3, -0.25) is 0 Å². The molecule has 6 nitrogen and oxygen atoms in total. The Kier molecular flexibility index (Phi) is 3.31. The van der Waals surface area contributed by atoms with Gasteiger partial charge in [0.1, 0.15) is 6.33 Å². The lowest BCUT2D eigenvalue weighted by Crippen LogP contribution is -2.47. The lowest BCUT2D eigenvalue weighted by Gasteiger charge is -2.26. The molecule has 0 aliphatic carbocycles. The van der Waals surface area contributed by atoms with Crippen molar-refractivity contribution < 1.29 is 9.53 Å². The monoisotopic (exact) mass is 222 g/mol. The standard InChI is InChI=1S/C10H14N4O2/c1-8-6-12-7-13-9(8)16-10(15)14-4-2-11-3-5-14/h6-7,11H,2-5H2,1H3. The first-order chi connectivity index (χ1) is 7.77. The van der Waals surface area contributed by atoms with Crippen LogP contribution in [0.15, 0.2) is 12.5 Å². The van der Waals surface area contributed by atoms with Crippen LogP contribution in [0.25, 0.3) is 0 Å². The van der Waals surface area contributed by atoms with Crippen LogP contribution in [0.5, 0.6) is 5.88 Å². The zero-order valence-electron chi connectivity index (χ0n) is 9.14. The Labute approximate surface area is 93.6 Å². The molecule has 0 atom stereocenters. The molecule has 1 N–H and O–H groups in total. The number of rotatable bonds is 1. The van der Waals surface area contributed by atoms with E-state index in [0.717, 1.165) is 18.7 Å². The van der Waals surface area contributed by atoms with Crippen molar-refractivity contribution >= 4 is 6.09 Å². The predicted molar refractivity (Wildman–Crippen MR) is 57.2 cm³/mol. The minimum Gasteiger partial charge on any atom is -0.391 e. The third kappa shape index (κ3) is 2.46. The Morgan fingerprint density at radius 3 is 2.94 bits per heavy atom. The van der Waals surface area contributed by atoms with Crippen molar-refractivity contribution in [3.63, 3.8) is 0 Å². The van der Waals surface area contributed by atoms with E-state index in [1.807, 2.05) is 0 Å². The maximum atomic E-state index is 11.7. The maximum absolute atomic E-state index is 11.7. The van der Waals surface area contributed by atoms with Gasteiger partial charge < -0.3 is 15.0 Å². The van der Waals surface area contributed by atoms with E-state index >= 15 is 0 Å². The van der Waals surface area contributed by atoms with Gasteiger partial charge in [0, 0.05) is 37.9 Å². The van der Waals surface area contributed by atoms with Gasteiger partial charge in [0.05, 0.1) is 0 Å². The van der Waals surface area contributed by atoms with Gasteiger partial charge in [0.2, 0.25) is 5.88 Å². The molecule has 16 heavy (non-hydrogen) atoms. The highest BCUT2D eigenvalue weighted by atomic mass is 16.6. The predicted octanol–water partition coefficient (Wildman–Crippen LogP) is 0.189. The summed E-state index contributed by atoms with van der Waals surface area (Å²) in [6, 6.07) is 0. The van der Waals surface area contributed by atoms with Crippen LogP contribution in [-0.2, 0) is 0 Å². The van der Waals surface area contributed by atoms with Crippen LogP contribution in [0.1, 0.15) is 5.56 Å². The summed E-state index contributed by atoms with van der Waals surface area (Å²) in [6.07, 6.45) is 2.64. The average Bonchev–Trinajstić information content (AvgIpc) is 2.33. The van der Waals surface area contributed by atoms with Crippen LogP contribution in [0.4, 0.5) is 4.79 Å². The van der Waals surface area contributed by atoms with E-state index in [1.54, 1.807) is 18.0 Å². The van der Waals surface area contributed by atoms with E-state index in [1.165, 1.54) is 6.33 Å². The molecule has 1 fully saturated rings. The minimum absolute atomic E-state index is 0.332.